The molecule has 1 fully saturated rings. The first kappa shape index (κ1) is 12.9. The Balaban J connectivity index is 1.87. The van der Waals surface area contributed by atoms with E-state index < -0.39 is 0 Å². The lowest BCUT2D eigenvalue weighted by Gasteiger charge is -2.12. The van der Waals surface area contributed by atoms with Crippen LogP contribution in [0, 0.1) is 11.3 Å². The highest BCUT2D eigenvalue weighted by atomic mass is 16.7. The maximum absolute atomic E-state index is 8.99. The van der Waals surface area contributed by atoms with E-state index in [4.69, 9.17) is 14.8 Å². The van der Waals surface area contributed by atoms with Crippen LogP contribution in [0.4, 0.5) is 0 Å². The van der Waals surface area contributed by atoms with Crippen LogP contribution in [-0.2, 0) is 11.4 Å². The maximum atomic E-state index is 8.99. The molecule has 2 rings (SSSR count). The fourth-order valence-corrected chi connectivity index (χ4v) is 2.20. The molecule has 96 valence electrons. The summed E-state index contributed by atoms with van der Waals surface area (Å²) in [5, 5.41) is 8.99. The standard InChI is InChI=1S/C14H18N2O2/c1-17-14-7-6-11(8-12(14)9-15)10-16-18-13-4-2-3-5-13/h6-8,13,16H,2-5,10H2,1H3. The molecule has 1 N–H and O–H groups in total. The van der Waals surface area contributed by atoms with Gasteiger partial charge in [-0.25, -0.2) is 0 Å². The Morgan fingerprint density at radius 3 is 2.83 bits per heavy atom. The largest absolute Gasteiger partial charge is 0.495 e. The monoisotopic (exact) mass is 246 g/mol. The van der Waals surface area contributed by atoms with E-state index >= 15 is 0 Å². The van der Waals surface area contributed by atoms with Crippen LogP contribution in [0.5, 0.6) is 5.75 Å². The first-order valence-corrected chi connectivity index (χ1v) is 6.29. The van der Waals surface area contributed by atoms with Crippen LogP contribution < -0.4 is 10.2 Å². The van der Waals surface area contributed by atoms with Crippen molar-refractivity contribution in [2.45, 2.75) is 38.3 Å². The van der Waals surface area contributed by atoms with E-state index in [1.807, 2.05) is 18.2 Å². The van der Waals surface area contributed by atoms with Gasteiger partial charge in [-0.1, -0.05) is 18.9 Å². The molecule has 4 heteroatoms. The zero-order valence-corrected chi connectivity index (χ0v) is 10.6. The molecule has 0 unspecified atom stereocenters. The molecule has 4 nitrogen and oxygen atoms in total. The van der Waals surface area contributed by atoms with Gasteiger partial charge < -0.3 is 4.74 Å². The zero-order chi connectivity index (χ0) is 12.8. The molecule has 1 aliphatic carbocycles. The zero-order valence-electron chi connectivity index (χ0n) is 10.6. The molecular weight excluding hydrogens is 228 g/mol. The lowest BCUT2D eigenvalue weighted by atomic mass is 10.1. The Labute approximate surface area is 107 Å². The summed E-state index contributed by atoms with van der Waals surface area (Å²) >= 11 is 0. The van der Waals surface area contributed by atoms with Gasteiger partial charge in [0.25, 0.3) is 0 Å². The highest BCUT2D eigenvalue weighted by molar-refractivity contribution is 5.45. The van der Waals surface area contributed by atoms with Crippen LogP contribution in [0.25, 0.3) is 0 Å². The third-order valence-electron chi connectivity index (χ3n) is 3.21. The van der Waals surface area contributed by atoms with E-state index in [-0.39, 0.29) is 0 Å². The summed E-state index contributed by atoms with van der Waals surface area (Å²) < 4.78 is 5.10. The Morgan fingerprint density at radius 1 is 1.39 bits per heavy atom. The minimum Gasteiger partial charge on any atom is -0.495 e. The van der Waals surface area contributed by atoms with Crippen molar-refractivity contribution >= 4 is 0 Å². The average Bonchev–Trinajstić information content (AvgIpc) is 2.91. The molecule has 0 amide bonds. The number of methoxy groups -OCH3 is 1. The molecule has 0 saturated heterocycles. The van der Waals surface area contributed by atoms with Crippen LogP contribution in [0.1, 0.15) is 36.8 Å². The van der Waals surface area contributed by atoms with Crippen LogP contribution >= 0.6 is 0 Å². The van der Waals surface area contributed by atoms with Crippen molar-refractivity contribution in [3.8, 4) is 11.8 Å². The molecule has 0 atom stereocenters. The van der Waals surface area contributed by atoms with Crippen LogP contribution in [0.3, 0.4) is 0 Å². The van der Waals surface area contributed by atoms with Gasteiger partial charge in [0, 0.05) is 6.54 Å². The number of hydrogen-bond acceptors (Lipinski definition) is 4. The Kier molecular flexibility index (Phi) is 4.57. The number of rotatable bonds is 5. The molecule has 1 aromatic rings. The van der Waals surface area contributed by atoms with Crippen molar-refractivity contribution in [2.75, 3.05) is 7.11 Å². The second kappa shape index (κ2) is 6.39. The second-order valence-corrected chi connectivity index (χ2v) is 4.49. The topological polar surface area (TPSA) is 54.3 Å². The van der Waals surface area contributed by atoms with Gasteiger partial charge in [0.1, 0.15) is 11.8 Å². The first-order valence-electron chi connectivity index (χ1n) is 6.29. The first-order chi connectivity index (χ1) is 8.83. The quantitative estimate of drug-likeness (QED) is 0.811. The number of ether oxygens (including phenoxy) is 1. The summed E-state index contributed by atoms with van der Waals surface area (Å²) in [6.45, 7) is 0.606. The van der Waals surface area contributed by atoms with E-state index in [2.05, 4.69) is 11.5 Å². The molecule has 0 heterocycles. The van der Waals surface area contributed by atoms with Gasteiger partial charge >= 0.3 is 0 Å². The summed E-state index contributed by atoms with van der Waals surface area (Å²) in [4.78, 5) is 5.57. The van der Waals surface area contributed by atoms with E-state index in [9.17, 15) is 0 Å². The van der Waals surface area contributed by atoms with Crippen LogP contribution in [-0.4, -0.2) is 13.2 Å². The van der Waals surface area contributed by atoms with Crippen LogP contribution in [0.2, 0.25) is 0 Å². The molecule has 1 aliphatic rings. The predicted octanol–water partition coefficient (Wildman–Crippen LogP) is 2.53. The smallest absolute Gasteiger partial charge is 0.136 e. The molecular formula is C14H18N2O2. The summed E-state index contributed by atoms with van der Waals surface area (Å²) in [5.74, 6) is 0.609. The predicted molar refractivity (Wildman–Crippen MR) is 67.9 cm³/mol. The molecule has 0 spiro atoms. The molecule has 18 heavy (non-hydrogen) atoms. The molecule has 1 aromatic carbocycles. The van der Waals surface area contributed by atoms with Crippen molar-refractivity contribution in [1.29, 1.82) is 5.26 Å². The number of nitriles is 1. The normalized spacial score (nSPS) is 15.6. The maximum Gasteiger partial charge on any atom is 0.136 e. The summed E-state index contributed by atoms with van der Waals surface area (Å²) in [7, 11) is 1.57. The third-order valence-corrected chi connectivity index (χ3v) is 3.21. The Hall–Kier alpha value is -1.57. The number of nitrogens with zero attached hydrogens (tertiary/aromatic N) is 1. The lowest BCUT2D eigenvalue weighted by molar-refractivity contribution is -0.0244. The van der Waals surface area contributed by atoms with Crippen LogP contribution in [0.15, 0.2) is 18.2 Å². The second-order valence-electron chi connectivity index (χ2n) is 4.49. The van der Waals surface area contributed by atoms with Gasteiger partial charge in [-0.05, 0) is 30.5 Å². The Morgan fingerprint density at radius 2 is 2.17 bits per heavy atom. The van der Waals surface area contributed by atoms with Gasteiger partial charge in [0.15, 0.2) is 0 Å². The highest BCUT2D eigenvalue weighted by Crippen LogP contribution is 2.21. The fraction of sp³-hybridized carbons (Fsp3) is 0.500. The summed E-state index contributed by atoms with van der Waals surface area (Å²) in [6.07, 6.45) is 5.14. The number of benzene rings is 1. The van der Waals surface area contributed by atoms with Gasteiger partial charge in [-0.2, -0.15) is 10.7 Å². The van der Waals surface area contributed by atoms with Crippen molar-refractivity contribution < 1.29 is 9.57 Å². The summed E-state index contributed by atoms with van der Waals surface area (Å²) in [5.41, 5.74) is 4.55. The fourth-order valence-electron chi connectivity index (χ4n) is 2.20. The lowest BCUT2D eigenvalue weighted by Crippen LogP contribution is -2.21. The number of nitrogens with one attached hydrogen (secondary N) is 1. The average molecular weight is 246 g/mol. The van der Waals surface area contributed by atoms with Crippen molar-refractivity contribution in [3.63, 3.8) is 0 Å². The number of hydroxylamine groups is 1. The van der Waals surface area contributed by atoms with Gasteiger partial charge in [-0.3, -0.25) is 4.84 Å². The molecule has 0 radical (unpaired) electrons. The van der Waals surface area contributed by atoms with E-state index in [1.54, 1.807) is 7.11 Å². The number of hydrogen-bond donors (Lipinski definition) is 1. The van der Waals surface area contributed by atoms with Gasteiger partial charge in [0.05, 0.1) is 18.8 Å². The van der Waals surface area contributed by atoms with Crippen molar-refractivity contribution in [2.24, 2.45) is 0 Å². The van der Waals surface area contributed by atoms with E-state index in [1.165, 1.54) is 12.8 Å². The van der Waals surface area contributed by atoms with Gasteiger partial charge in [0.2, 0.25) is 0 Å². The molecule has 0 aliphatic heterocycles. The molecule has 0 aromatic heterocycles. The highest BCUT2D eigenvalue weighted by Gasteiger charge is 2.15. The minimum absolute atomic E-state index is 0.346. The Bertz CT molecular complexity index is 434. The third kappa shape index (κ3) is 3.22. The van der Waals surface area contributed by atoms with E-state index in [0.717, 1.165) is 18.4 Å². The summed E-state index contributed by atoms with van der Waals surface area (Å²) in [6, 6.07) is 7.69. The SMILES string of the molecule is COc1ccc(CNOC2CCCC2)cc1C#N. The minimum atomic E-state index is 0.346. The molecule has 1 saturated carbocycles. The molecule has 0 bridgehead atoms. The van der Waals surface area contributed by atoms with E-state index in [0.29, 0.717) is 24.0 Å². The van der Waals surface area contributed by atoms with Gasteiger partial charge in [-0.15, -0.1) is 0 Å². The van der Waals surface area contributed by atoms with Crippen molar-refractivity contribution in [3.05, 3.63) is 29.3 Å². The van der Waals surface area contributed by atoms with Crippen molar-refractivity contribution in [1.82, 2.24) is 5.48 Å².